The van der Waals surface area contributed by atoms with Gasteiger partial charge in [-0.05, 0) is 31.0 Å². The molecule has 1 aliphatic rings. The van der Waals surface area contributed by atoms with Gasteiger partial charge in [-0.1, -0.05) is 6.42 Å². The lowest BCUT2D eigenvalue weighted by Gasteiger charge is -2.19. The molecule has 4 N–H and O–H groups in total. The SMILES string of the molecule is NS(=O)(=O)c1ccc(NC2CCCC2C(=O)O)c(F)c1. The van der Waals surface area contributed by atoms with Crippen molar-refractivity contribution < 1.29 is 22.7 Å². The van der Waals surface area contributed by atoms with Gasteiger partial charge in [0.15, 0.2) is 0 Å². The highest BCUT2D eigenvalue weighted by molar-refractivity contribution is 7.89. The first-order chi connectivity index (χ1) is 9.29. The summed E-state index contributed by atoms with van der Waals surface area (Å²) in [5.74, 6) is -2.25. The van der Waals surface area contributed by atoms with Crippen LogP contribution in [0, 0.1) is 11.7 Å². The van der Waals surface area contributed by atoms with Gasteiger partial charge in [-0.3, -0.25) is 4.79 Å². The zero-order valence-corrected chi connectivity index (χ0v) is 11.4. The average molecular weight is 302 g/mol. The number of carboxylic acids is 1. The molecule has 110 valence electrons. The van der Waals surface area contributed by atoms with E-state index >= 15 is 0 Å². The van der Waals surface area contributed by atoms with Gasteiger partial charge < -0.3 is 10.4 Å². The molecule has 0 aliphatic heterocycles. The molecule has 2 unspecified atom stereocenters. The largest absolute Gasteiger partial charge is 0.481 e. The molecular weight excluding hydrogens is 287 g/mol. The van der Waals surface area contributed by atoms with Crippen molar-refractivity contribution in [2.24, 2.45) is 11.1 Å². The molecule has 1 saturated carbocycles. The number of carboxylic acid groups (broad SMARTS) is 1. The molecule has 1 aromatic rings. The van der Waals surface area contributed by atoms with Gasteiger partial charge in [-0.15, -0.1) is 0 Å². The third-order valence-corrected chi connectivity index (χ3v) is 4.35. The number of benzene rings is 1. The van der Waals surface area contributed by atoms with Crippen molar-refractivity contribution in [2.45, 2.75) is 30.2 Å². The standard InChI is InChI=1S/C12H15FN2O4S/c13-9-6-7(20(14,18)19)4-5-11(9)15-10-3-1-2-8(10)12(16)17/h4-6,8,10,15H,1-3H2,(H,16,17)(H2,14,18,19). The second kappa shape index (κ2) is 5.37. The van der Waals surface area contributed by atoms with Crippen LogP contribution in [-0.2, 0) is 14.8 Å². The van der Waals surface area contributed by atoms with Crippen molar-refractivity contribution in [2.75, 3.05) is 5.32 Å². The molecule has 2 rings (SSSR count). The lowest BCUT2D eigenvalue weighted by atomic mass is 10.0. The molecule has 0 radical (unpaired) electrons. The van der Waals surface area contributed by atoms with Gasteiger partial charge in [0.05, 0.1) is 16.5 Å². The van der Waals surface area contributed by atoms with E-state index in [9.17, 15) is 17.6 Å². The fraction of sp³-hybridized carbons (Fsp3) is 0.417. The molecule has 0 bridgehead atoms. The summed E-state index contributed by atoms with van der Waals surface area (Å²) in [7, 11) is -3.96. The van der Waals surface area contributed by atoms with Crippen LogP contribution in [0.2, 0.25) is 0 Å². The maximum atomic E-state index is 13.8. The smallest absolute Gasteiger partial charge is 0.308 e. The minimum absolute atomic E-state index is 0.0792. The minimum Gasteiger partial charge on any atom is -0.481 e. The number of hydrogen-bond acceptors (Lipinski definition) is 4. The number of primary sulfonamides is 1. The number of nitrogens with one attached hydrogen (secondary N) is 1. The predicted octanol–water partition coefficient (Wildman–Crippen LogP) is 1.14. The summed E-state index contributed by atoms with van der Waals surface area (Å²) in [5.41, 5.74) is 0.0792. The number of aliphatic carboxylic acids is 1. The molecule has 20 heavy (non-hydrogen) atoms. The summed E-state index contributed by atoms with van der Waals surface area (Å²) >= 11 is 0. The molecular formula is C12H15FN2O4S. The number of nitrogens with two attached hydrogens (primary N) is 1. The summed E-state index contributed by atoms with van der Waals surface area (Å²) in [6.07, 6.45) is 1.93. The Morgan fingerprint density at radius 3 is 2.65 bits per heavy atom. The maximum absolute atomic E-state index is 13.8. The predicted molar refractivity (Wildman–Crippen MR) is 70.2 cm³/mol. The quantitative estimate of drug-likeness (QED) is 0.772. The average Bonchev–Trinajstić information content (AvgIpc) is 2.78. The van der Waals surface area contributed by atoms with Gasteiger partial charge in [0.2, 0.25) is 10.0 Å². The molecule has 0 amide bonds. The molecule has 1 aliphatic carbocycles. The van der Waals surface area contributed by atoms with Crippen molar-refractivity contribution in [3.05, 3.63) is 24.0 Å². The van der Waals surface area contributed by atoms with E-state index in [-0.39, 0.29) is 16.6 Å². The summed E-state index contributed by atoms with van der Waals surface area (Å²) in [4.78, 5) is 10.7. The van der Waals surface area contributed by atoms with Gasteiger partial charge in [0, 0.05) is 6.04 Å². The Bertz CT molecular complexity index is 632. The molecule has 8 heteroatoms. The second-order valence-corrected chi connectivity index (χ2v) is 6.37. The van der Waals surface area contributed by atoms with Crippen LogP contribution < -0.4 is 10.5 Å². The number of carbonyl (C=O) groups is 1. The fourth-order valence-corrected chi connectivity index (χ4v) is 2.94. The summed E-state index contributed by atoms with van der Waals surface area (Å²) < 4.78 is 36.0. The Hall–Kier alpha value is -1.67. The van der Waals surface area contributed by atoms with Crippen molar-refractivity contribution >= 4 is 21.7 Å². The van der Waals surface area contributed by atoms with Gasteiger partial charge in [0.1, 0.15) is 5.82 Å². The van der Waals surface area contributed by atoms with Crippen LogP contribution in [0.3, 0.4) is 0 Å². The first kappa shape index (κ1) is 14.7. The van der Waals surface area contributed by atoms with E-state index in [2.05, 4.69) is 5.32 Å². The topological polar surface area (TPSA) is 109 Å². The highest BCUT2D eigenvalue weighted by Crippen LogP contribution is 2.30. The van der Waals surface area contributed by atoms with Crippen LogP contribution in [0.15, 0.2) is 23.1 Å². The lowest BCUT2D eigenvalue weighted by Crippen LogP contribution is -2.30. The van der Waals surface area contributed by atoms with Crippen molar-refractivity contribution in [3.8, 4) is 0 Å². The van der Waals surface area contributed by atoms with Gasteiger partial charge in [0.25, 0.3) is 0 Å². The van der Waals surface area contributed by atoms with E-state index in [0.717, 1.165) is 12.5 Å². The van der Waals surface area contributed by atoms with Crippen LogP contribution >= 0.6 is 0 Å². The summed E-state index contributed by atoms with van der Waals surface area (Å²) in [6.45, 7) is 0. The number of hydrogen-bond donors (Lipinski definition) is 3. The first-order valence-corrected chi connectivity index (χ1v) is 7.65. The molecule has 6 nitrogen and oxygen atoms in total. The molecule has 0 spiro atoms. The maximum Gasteiger partial charge on any atom is 0.308 e. The van der Waals surface area contributed by atoms with E-state index < -0.39 is 27.7 Å². The van der Waals surface area contributed by atoms with E-state index in [1.165, 1.54) is 12.1 Å². The number of halogens is 1. The van der Waals surface area contributed by atoms with Gasteiger partial charge in [-0.25, -0.2) is 17.9 Å². The normalized spacial score (nSPS) is 22.7. The van der Waals surface area contributed by atoms with Gasteiger partial charge in [-0.2, -0.15) is 0 Å². The summed E-state index contributed by atoms with van der Waals surface area (Å²) in [6, 6.07) is 2.91. The second-order valence-electron chi connectivity index (χ2n) is 4.81. The van der Waals surface area contributed by atoms with Crippen LogP contribution in [0.5, 0.6) is 0 Å². The Balaban J connectivity index is 2.20. The summed E-state index contributed by atoms with van der Waals surface area (Å²) in [5, 5.41) is 16.8. The Morgan fingerprint density at radius 2 is 2.10 bits per heavy atom. The van der Waals surface area contributed by atoms with Crippen LogP contribution in [0.4, 0.5) is 10.1 Å². The van der Waals surface area contributed by atoms with Crippen molar-refractivity contribution in [1.82, 2.24) is 0 Å². The third-order valence-electron chi connectivity index (χ3n) is 3.44. The number of sulfonamides is 1. The van der Waals surface area contributed by atoms with Crippen LogP contribution in [0.1, 0.15) is 19.3 Å². The minimum atomic E-state index is -3.96. The van der Waals surface area contributed by atoms with E-state index in [1.807, 2.05) is 0 Å². The fourth-order valence-electron chi connectivity index (χ4n) is 2.42. The Kier molecular flexibility index (Phi) is 3.96. The lowest BCUT2D eigenvalue weighted by molar-refractivity contribution is -0.141. The molecule has 1 fully saturated rings. The van der Waals surface area contributed by atoms with Gasteiger partial charge >= 0.3 is 5.97 Å². The first-order valence-electron chi connectivity index (χ1n) is 6.11. The van der Waals surface area contributed by atoms with Crippen LogP contribution in [-0.4, -0.2) is 25.5 Å². The highest BCUT2D eigenvalue weighted by atomic mass is 32.2. The van der Waals surface area contributed by atoms with Crippen LogP contribution in [0.25, 0.3) is 0 Å². The molecule has 0 aromatic heterocycles. The highest BCUT2D eigenvalue weighted by Gasteiger charge is 2.33. The Labute approximate surface area is 115 Å². The number of anilines is 1. The van der Waals surface area contributed by atoms with Crippen molar-refractivity contribution in [1.29, 1.82) is 0 Å². The zero-order chi connectivity index (χ0) is 14.9. The monoisotopic (exact) mass is 302 g/mol. The Morgan fingerprint density at radius 1 is 1.40 bits per heavy atom. The molecule has 2 atom stereocenters. The molecule has 0 saturated heterocycles. The third kappa shape index (κ3) is 3.07. The molecule has 1 aromatic carbocycles. The van der Waals surface area contributed by atoms with E-state index in [1.54, 1.807) is 0 Å². The number of rotatable bonds is 4. The van der Waals surface area contributed by atoms with E-state index in [4.69, 9.17) is 10.2 Å². The molecule has 0 heterocycles. The zero-order valence-electron chi connectivity index (χ0n) is 10.5. The van der Waals surface area contributed by atoms with Crippen molar-refractivity contribution in [3.63, 3.8) is 0 Å². The van der Waals surface area contributed by atoms with E-state index in [0.29, 0.717) is 12.8 Å².